The Bertz CT molecular complexity index is 1990. The molecule has 0 spiro atoms. The molecule has 0 fully saturated rings. The molecule has 0 saturated heterocycles. The number of halogens is 1. The molecule has 15 heteroatoms. The molecule has 1 unspecified atom stereocenters. The number of carbonyl (C=O) groups excluding carboxylic acids is 3. The van der Waals surface area contributed by atoms with E-state index in [0.717, 1.165) is 6.07 Å². The van der Waals surface area contributed by atoms with Crippen LogP contribution in [-0.2, 0) is 16.0 Å². The van der Waals surface area contributed by atoms with Gasteiger partial charge >= 0.3 is 18.1 Å². The Morgan fingerprint density at radius 2 is 1.58 bits per heavy atom. The molecular formula is C35H32FN7O7. The second kappa shape index (κ2) is 15.1. The highest BCUT2D eigenvalue weighted by atomic mass is 19.1. The molecule has 0 aliphatic heterocycles. The number of amides is 4. The summed E-state index contributed by atoms with van der Waals surface area (Å²) < 4.78 is 25.7. The Morgan fingerprint density at radius 3 is 2.22 bits per heavy atom. The first-order valence-electron chi connectivity index (χ1n) is 15.2. The molecule has 2 heterocycles. The van der Waals surface area contributed by atoms with E-state index in [0.29, 0.717) is 16.9 Å². The number of urea groups is 1. The summed E-state index contributed by atoms with van der Waals surface area (Å²) in [5, 5.41) is 23.7. The number of ether oxygens (including phenoxy) is 1. The molecule has 5 rings (SSSR count). The minimum atomic E-state index is -1.41. The Morgan fingerprint density at radius 1 is 0.880 bits per heavy atom. The van der Waals surface area contributed by atoms with Crippen molar-refractivity contribution in [1.29, 1.82) is 0 Å². The Balaban J connectivity index is 1.17. The number of pyridine rings is 1. The van der Waals surface area contributed by atoms with Gasteiger partial charge in [-0.2, -0.15) is 4.98 Å². The highest BCUT2D eigenvalue weighted by Crippen LogP contribution is 2.26. The van der Waals surface area contributed by atoms with E-state index in [2.05, 4.69) is 36.4 Å². The molecule has 5 aromatic rings. The van der Waals surface area contributed by atoms with Gasteiger partial charge < -0.3 is 30.3 Å². The van der Waals surface area contributed by atoms with Gasteiger partial charge in [-0.15, -0.1) is 0 Å². The number of nitrogens with one attached hydrogen (secondary N) is 4. The van der Waals surface area contributed by atoms with Gasteiger partial charge in [0.05, 0.1) is 17.4 Å². The van der Waals surface area contributed by atoms with Crippen molar-refractivity contribution in [1.82, 2.24) is 20.4 Å². The van der Waals surface area contributed by atoms with Crippen molar-refractivity contribution >= 4 is 41.1 Å². The van der Waals surface area contributed by atoms with Crippen molar-refractivity contribution in [2.75, 3.05) is 16.0 Å². The SMILES string of the molecule is CC(C)(C)OC(=O)Nc1ccc(-c2nc(-c3ccc(CC(NC(=O)Nc4ccc(C(=O)Nc5ccccc5)nc4)C(=O)O)cc3F)no2)cc1. The number of hydrogen-bond donors (Lipinski definition) is 5. The standard InChI is InChI=1S/C35H32FN7O7/c1-35(2,3)49-34(48)40-23-12-10-21(11-13-23)31-42-29(43-50-31)25-15-9-20(17-26(25)36)18-28(32(45)46)41-33(47)39-24-14-16-27(37-19-24)30(44)38-22-7-5-4-6-8-22/h4-17,19,28H,18H2,1-3H3,(H,38,44)(H,40,48)(H,45,46)(H2,39,41,47). The quantitative estimate of drug-likeness (QED) is 0.111. The van der Waals surface area contributed by atoms with Crippen LogP contribution in [0.4, 0.5) is 31.0 Å². The van der Waals surface area contributed by atoms with Gasteiger partial charge in [0, 0.05) is 23.4 Å². The van der Waals surface area contributed by atoms with E-state index in [-0.39, 0.29) is 40.6 Å². The van der Waals surface area contributed by atoms with Crippen LogP contribution in [0.3, 0.4) is 0 Å². The van der Waals surface area contributed by atoms with Gasteiger partial charge in [-0.1, -0.05) is 29.4 Å². The Kier molecular flexibility index (Phi) is 10.4. The molecule has 2 aromatic heterocycles. The zero-order valence-electron chi connectivity index (χ0n) is 27.1. The lowest BCUT2D eigenvalue weighted by Gasteiger charge is -2.19. The third-order valence-corrected chi connectivity index (χ3v) is 6.81. The van der Waals surface area contributed by atoms with Gasteiger partial charge in [0.15, 0.2) is 0 Å². The van der Waals surface area contributed by atoms with Crippen molar-refractivity contribution in [2.24, 2.45) is 0 Å². The lowest BCUT2D eigenvalue weighted by molar-refractivity contribution is -0.139. The average Bonchev–Trinajstić information content (AvgIpc) is 3.55. The number of carbonyl (C=O) groups is 4. The maximum Gasteiger partial charge on any atom is 0.412 e. The molecule has 0 aliphatic rings. The normalized spacial score (nSPS) is 11.6. The maximum atomic E-state index is 15.2. The van der Waals surface area contributed by atoms with Crippen LogP contribution < -0.4 is 21.3 Å². The maximum absolute atomic E-state index is 15.2. The van der Waals surface area contributed by atoms with Gasteiger partial charge in [-0.25, -0.2) is 23.8 Å². The second-order valence-corrected chi connectivity index (χ2v) is 11.9. The number of aromatic nitrogens is 3. The van der Waals surface area contributed by atoms with Crippen molar-refractivity contribution in [3.8, 4) is 22.8 Å². The van der Waals surface area contributed by atoms with Gasteiger partial charge in [-0.05, 0) is 87.0 Å². The number of carboxylic acid groups (broad SMARTS) is 1. The summed E-state index contributed by atoms with van der Waals surface area (Å²) in [6, 6.07) is 19.9. The molecule has 14 nitrogen and oxygen atoms in total. The third kappa shape index (κ3) is 9.47. The first kappa shape index (κ1) is 34.7. The molecule has 0 radical (unpaired) electrons. The van der Waals surface area contributed by atoms with Gasteiger partial charge in [0.1, 0.15) is 23.2 Å². The van der Waals surface area contributed by atoms with Gasteiger partial charge in [-0.3, -0.25) is 10.1 Å². The molecule has 3 aromatic carbocycles. The van der Waals surface area contributed by atoms with Gasteiger partial charge in [0.25, 0.3) is 11.8 Å². The summed E-state index contributed by atoms with van der Waals surface area (Å²) in [6.45, 7) is 5.26. The van der Waals surface area contributed by atoms with E-state index in [1.165, 1.54) is 30.5 Å². The largest absolute Gasteiger partial charge is 0.480 e. The smallest absolute Gasteiger partial charge is 0.412 e. The average molecular weight is 682 g/mol. The molecule has 4 amide bonds. The zero-order chi connectivity index (χ0) is 35.8. The van der Waals surface area contributed by atoms with Crippen LogP contribution in [0.2, 0.25) is 0 Å². The number of aliphatic carboxylic acids is 1. The molecule has 0 aliphatic carbocycles. The van der Waals surface area contributed by atoms with Crippen LogP contribution in [0, 0.1) is 5.82 Å². The van der Waals surface area contributed by atoms with Gasteiger partial charge in [0.2, 0.25) is 5.82 Å². The second-order valence-electron chi connectivity index (χ2n) is 11.9. The molecular weight excluding hydrogens is 649 g/mol. The zero-order valence-corrected chi connectivity index (χ0v) is 27.1. The van der Waals surface area contributed by atoms with Crippen LogP contribution in [0.1, 0.15) is 36.8 Å². The first-order valence-corrected chi connectivity index (χ1v) is 15.2. The number of hydrogen-bond acceptors (Lipinski definition) is 9. The van der Waals surface area contributed by atoms with Crippen molar-refractivity contribution in [2.45, 2.75) is 38.8 Å². The predicted molar refractivity (Wildman–Crippen MR) is 181 cm³/mol. The van der Waals surface area contributed by atoms with E-state index >= 15 is 4.39 Å². The summed E-state index contributed by atoms with van der Waals surface area (Å²) in [4.78, 5) is 57.3. The molecule has 256 valence electrons. The van der Waals surface area contributed by atoms with E-state index in [1.807, 2.05) is 6.07 Å². The summed E-state index contributed by atoms with van der Waals surface area (Å²) in [6.07, 6.45) is 0.410. The molecule has 1 atom stereocenters. The number of rotatable bonds is 10. The minimum Gasteiger partial charge on any atom is -0.480 e. The molecule has 5 N–H and O–H groups in total. The lowest BCUT2D eigenvalue weighted by Crippen LogP contribution is -2.44. The minimum absolute atomic E-state index is 0.0120. The lowest BCUT2D eigenvalue weighted by atomic mass is 10.0. The number of para-hydroxylation sites is 1. The van der Waals surface area contributed by atoms with E-state index in [9.17, 15) is 24.3 Å². The van der Waals surface area contributed by atoms with Crippen LogP contribution >= 0.6 is 0 Å². The summed E-state index contributed by atoms with van der Waals surface area (Å²) in [7, 11) is 0. The molecule has 0 bridgehead atoms. The van der Waals surface area contributed by atoms with Crippen molar-refractivity contribution < 1.29 is 37.9 Å². The third-order valence-electron chi connectivity index (χ3n) is 6.81. The highest BCUT2D eigenvalue weighted by molar-refractivity contribution is 6.03. The molecule has 50 heavy (non-hydrogen) atoms. The summed E-state index contributed by atoms with van der Waals surface area (Å²) in [5.74, 6) is -2.45. The van der Waals surface area contributed by atoms with Crippen LogP contribution in [0.25, 0.3) is 22.8 Å². The van der Waals surface area contributed by atoms with E-state index in [4.69, 9.17) is 9.26 Å². The van der Waals surface area contributed by atoms with Crippen molar-refractivity contribution in [3.05, 3.63) is 108 Å². The summed E-state index contributed by atoms with van der Waals surface area (Å²) >= 11 is 0. The topological polar surface area (TPSA) is 198 Å². The fraction of sp³-hybridized carbons (Fsp3) is 0.171. The Hall–Kier alpha value is -6.64. The fourth-order valence-electron chi connectivity index (χ4n) is 4.51. The summed E-state index contributed by atoms with van der Waals surface area (Å²) in [5.41, 5.74) is 1.55. The monoisotopic (exact) mass is 681 g/mol. The number of nitrogens with zero attached hydrogens (tertiary/aromatic N) is 3. The van der Waals surface area contributed by atoms with E-state index in [1.54, 1.807) is 69.3 Å². The number of anilines is 3. The number of benzene rings is 3. The predicted octanol–water partition coefficient (Wildman–Crippen LogP) is 6.35. The molecule has 0 saturated carbocycles. The van der Waals surface area contributed by atoms with Crippen LogP contribution in [0.5, 0.6) is 0 Å². The van der Waals surface area contributed by atoms with E-state index < -0.39 is 41.5 Å². The van der Waals surface area contributed by atoms with Crippen LogP contribution in [0.15, 0.2) is 95.6 Å². The fourth-order valence-corrected chi connectivity index (χ4v) is 4.51. The highest BCUT2D eigenvalue weighted by Gasteiger charge is 2.23. The van der Waals surface area contributed by atoms with Crippen LogP contribution in [-0.4, -0.2) is 55.9 Å². The first-order chi connectivity index (χ1) is 23.8. The van der Waals surface area contributed by atoms with Crippen molar-refractivity contribution in [3.63, 3.8) is 0 Å². The Labute approximate surface area is 285 Å². The number of carboxylic acids is 1.